The van der Waals surface area contributed by atoms with E-state index in [0.29, 0.717) is 6.42 Å². The first-order valence-electron chi connectivity index (χ1n) is 6.68. The molecule has 1 saturated heterocycles. The first kappa shape index (κ1) is 14.0. The van der Waals surface area contributed by atoms with E-state index in [2.05, 4.69) is 17.0 Å². The Kier molecular flexibility index (Phi) is 4.93. The molecule has 1 heterocycles. The molecule has 0 amide bonds. The average Bonchev–Trinajstić information content (AvgIpc) is 2.81. The molecule has 2 unspecified atom stereocenters. The summed E-state index contributed by atoms with van der Waals surface area (Å²) in [6.07, 6.45) is 1.30. The number of rotatable bonds is 5. The number of esters is 1. The molecule has 0 spiro atoms. The lowest BCUT2D eigenvalue weighted by atomic mass is 10.0. The van der Waals surface area contributed by atoms with Gasteiger partial charge in [0.2, 0.25) is 0 Å². The number of carbonyl (C=O) groups is 1. The molecule has 19 heavy (non-hydrogen) atoms. The summed E-state index contributed by atoms with van der Waals surface area (Å²) in [4.78, 5) is 13.6. The van der Waals surface area contributed by atoms with Gasteiger partial charge in [0.05, 0.1) is 13.7 Å². The molecule has 1 N–H and O–H groups in total. The van der Waals surface area contributed by atoms with Gasteiger partial charge in [-0.1, -0.05) is 30.3 Å². The van der Waals surface area contributed by atoms with E-state index in [9.17, 15) is 9.90 Å². The number of aliphatic hydroxyl groups excluding tert-OH is 1. The summed E-state index contributed by atoms with van der Waals surface area (Å²) < 4.78 is 4.71. The molecule has 2 atom stereocenters. The molecule has 0 aromatic heterocycles. The molecule has 0 saturated carbocycles. The molecule has 104 valence electrons. The zero-order valence-corrected chi connectivity index (χ0v) is 11.3. The fraction of sp³-hybridized carbons (Fsp3) is 0.533. The standard InChI is InChI=1S/C15H21NO3/c1-19-15(18)8-13-7-14(11-17)16(10-13)9-12-5-3-2-4-6-12/h2-6,13-14,17H,7-11H2,1H3. The second-order valence-electron chi connectivity index (χ2n) is 5.13. The summed E-state index contributed by atoms with van der Waals surface area (Å²) >= 11 is 0. The number of carbonyl (C=O) groups excluding carboxylic acids is 1. The molecule has 1 aromatic rings. The molecule has 0 bridgehead atoms. The van der Waals surface area contributed by atoms with Gasteiger partial charge in [-0.15, -0.1) is 0 Å². The lowest BCUT2D eigenvalue weighted by Gasteiger charge is -2.22. The van der Waals surface area contributed by atoms with E-state index in [4.69, 9.17) is 4.74 Å². The molecule has 1 aliphatic rings. The third-order valence-electron chi connectivity index (χ3n) is 3.74. The number of aliphatic hydroxyl groups is 1. The summed E-state index contributed by atoms with van der Waals surface area (Å²) in [5.41, 5.74) is 1.24. The van der Waals surface area contributed by atoms with Gasteiger partial charge in [0, 0.05) is 25.6 Å². The SMILES string of the molecule is COC(=O)CC1CC(CO)N(Cc2ccccc2)C1. The highest BCUT2D eigenvalue weighted by atomic mass is 16.5. The van der Waals surface area contributed by atoms with E-state index in [0.717, 1.165) is 19.5 Å². The van der Waals surface area contributed by atoms with Crippen molar-refractivity contribution < 1.29 is 14.6 Å². The molecule has 1 fully saturated rings. The van der Waals surface area contributed by atoms with Gasteiger partial charge in [0.15, 0.2) is 0 Å². The molecule has 0 radical (unpaired) electrons. The first-order chi connectivity index (χ1) is 9.22. The van der Waals surface area contributed by atoms with E-state index in [-0.39, 0.29) is 24.5 Å². The lowest BCUT2D eigenvalue weighted by molar-refractivity contribution is -0.141. The minimum absolute atomic E-state index is 0.143. The minimum atomic E-state index is -0.164. The Balaban J connectivity index is 1.94. The van der Waals surface area contributed by atoms with Gasteiger partial charge in [-0.25, -0.2) is 0 Å². The number of benzene rings is 1. The molecule has 0 aliphatic carbocycles. The van der Waals surface area contributed by atoms with Crippen LogP contribution in [0.25, 0.3) is 0 Å². The van der Waals surface area contributed by atoms with Crippen LogP contribution in [0.4, 0.5) is 0 Å². The van der Waals surface area contributed by atoms with Crippen LogP contribution in [0.5, 0.6) is 0 Å². The normalized spacial score (nSPS) is 23.5. The largest absolute Gasteiger partial charge is 0.469 e. The highest BCUT2D eigenvalue weighted by molar-refractivity contribution is 5.69. The van der Waals surface area contributed by atoms with Crippen molar-refractivity contribution in [1.29, 1.82) is 0 Å². The van der Waals surface area contributed by atoms with Crippen LogP contribution in [-0.4, -0.2) is 42.3 Å². The monoisotopic (exact) mass is 263 g/mol. The van der Waals surface area contributed by atoms with Crippen LogP contribution in [-0.2, 0) is 16.1 Å². The molecule has 4 heteroatoms. The van der Waals surface area contributed by atoms with Crippen molar-refractivity contribution in [3.8, 4) is 0 Å². The zero-order valence-electron chi connectivity index (χ0n) is 11.3. The summed E-state index contributed by atoms with van der Waals surface area (Å²) in [5, 5.41) is 9.47. The van der Waals surface area contributed by atoms with Crippen LogP contribution in [0.1, 0.15) is 18.4 Å². The molecule has 1 aromatic carbocycles. The second-order valence-corrected chi connectivity index (χ2v) is 5.13. The summed E-state index contributed by atoms with van der Waals surface area (Å²) in [6, 6.07) is 10.4. The number of hydrogen-bond acceptors (Lipinski definition) is 4. The van der Waals surface area contributed by atoms with Gasteiger partial charge in [-0.2, -0.15) is 0 Å². The van der Waals surface area contributed by atoms with Crippen LogP contribution >= 0.6 is 0 Å². The van der Waals surface area contributed by atoms with Gasteiger partial charge in [0.25, 0.3) is 0 Å². The van der Waals surface area contributed by atoms with Crippen molar-refractivity contribution in [1.82, 2.24) is 4.90 Å². The number of methoxy groups -OCH3 is 1. The Morgan fingerprint density at radius 2 is 2.16 bits per heavy atom. The third kappa shape index (κ3) is 3.78. The van der Waals surface area contributed by atoms with Gasteiger partial charge >= 0.3 is 5.97 Å². The van der Waals surface area contributed by atoms with Crippen molar-refractivity contribution >= 4 is 5.97 Å². The van der Waals surface area contributed by atoms with Crippen molar-refractivity contribution in [3.05, 3.63) is 35.9 Å². The van der Waals surface area contributed by atoms with Crippen LogP contribution in [0.2, 0.25) is 0 Å². The van der Waals surface area contributed by atoms with Crippen LogP contribution in [0.3, 0.4) is 0 Å². The first-order valence-corrected chi connectivity index (χ1v) is 6.68. The fourth-order valence-electron chi connectivity index (χ4n) is 2.76. The Morgan fingerprint density at radius 1 is 1.42 bits per heavy atom. The molecule has 2 rings (SSSR count). The van der Waals surface area contributed by atoms with E-state index in [1.807, 2.05) is 18.2 Å². The topological polar surface area (TPSA) is 49.8 Å². The van der Waals surface area contributed by atoms with E-state index >= 15 is 0 Å². The second kappa shape index (κ2) is 6.68. The van der Waals surface area contributed by atoms with Crippen LogP contribution in [0.15, 0.2) is 30.3 Å². The number of nitrogens with zero attached hydrogens (tertiary/aromatic N) is 1. The Labute approximate surface area is 114 Å². The van der Waals surface area contributed by atoms with Gasteiger partial charge < -0.3 is 9.84 Å². The van der Waals surface area contributed by atoms with Crippen LogP contribution in [0, 0.1) is 5.92 Å². The predicted octanol–water partition coefficient (Wildman–Crippen LogP) is 1.43. The number of ether oxygens (including phenoxy) is 1. The third-order valence-corrected chi connectivity index (χ3v) is 3.74. The Hall–Kier alpha value is -1.39. The van der Waals surface area contributed by atoms with Crippen molar-refractivity contribution in [3.63, 3.8) is 0 Å². The molecular weight excluding hydrogens is 242 g/mol. The average molecular weight is 263 g/mol. The van der Waals surface area contributed by atoms with E-state index in [1.54, 1.807) is 0 Å². The highest BCUT2D eigenvalue weighted by Gasteiger charge is 2.32. The van der Waals surface area contributed by atoms with Crippen molar-refractivity contribution in [2.24, 2.45) is 5.92 Å². The van der Waals surface area contributed by atoms with E-state index < -0.39 is 0 Å². The lowest BCUT2D eigenvalue weighted by Crippen LogP contribution is -2.31. The smallest absolute Gasteiger partial charge is 0.305 e. The van der Waals surface area contributed by atoms with Crippen LogP contribution < -0.4 is 0 Å². The fourth-order valence-corrected chi connectivity index (χ4v) is 2.76. The summed E-state index contributed by atoms with van der Waals surface area (Å²) in [7, 11) is 1.42. The maximum Gasteiger partial charge on any atom is 0.305 e. The van der Waals surface area contributed by atoms with Gasteiger partial charge in [-0.05, 0) is 17.9 Å². The molecule has 4 nitrogen and oxygen atoms in total. The molecular formula is C15H21NO3. The van der Waals surface area contributed by atoms with E-state index in [1.165, 1.54) is 12.7 Å². The van der Waals surface area contributed by atoms with Crippen molar-refractivity contribution in [2.45, 2.75) is 25.4 Å². The molecule has 1 aliphatic heterocycles. The maximum absolute atomic E-state index is 11.3. The highest BCUT2D eigenvalue weighted by Crippen LogP contribution is 2.27. The zero-order chi connectivity index (χ0) is 13.7. The summed E-state index contributed by atoms with van der Waals surface area (Å²) in [6.45, 7) is 1.81. The quantitative estimate of drug-likeness (QED) is 0.817. The predicted molar refractivity (Wildman–Crippen MR) is 72.5 cm³/mol. The number of hydrogen-bond donors (Lipinski definition) is 1. The Morgan fingerprint density at radius 3 is 2.79 bits per heavy atom. The number of likely N-dealkylation sites (tertiary alicyclic amines) is 1. The summed E-state index contributed by atoms with van der Waals surface area (Å²) in [5.74, 6) is 0.122. The maximum atomic E-state index is 11.3. The van der Waals surface area contributed by atoms with Gasteiger partial charge in [-0.3, -0.25) is 9.69 Å². The minimum Gasteiger partial charge on any atom is -0.469 e. The van der Waals surface area contributed by atoms with Crippen molar-refractivity contribution in [2.75, 3.05) is 20.3 Å². The Bertz CT molecular complexity index is 407. The van der Waals surface area contributed by atoms with Gasteiger partial charge in [0.1, 0.15) is 0 Å².